The largest absolute Gasteiger partial charge is 0.494 e. The van der Waals surface area contributed by atoms with Crippen LogP contribution in [0.5, 0.6) is 5.75 Å². The molecule has 0 aliphatic carbocycles. The molecule has 4 unspecified atom stereocenters. The van der Waals surface area contributed by atoms with E-state index in [4.69, 9.17) is 9.47 Å². The van der Waals surface area contributed by atoms with Crippen molar-refractivity contribution in [3.05, 3.63) is 60.7 Å². The number of fused-ring (bicyclic) bond motifs is 2. The molecule has 2 heterocycles. The molecule has 6 nitrogen and oxygen atoms in total. The van der Waals surface area contributed by atoms with Crippen LogP contribution in [0, 0.1) is 11.8 Å². The van der Waals surface area contributed by atoms with E-state index in [9.17, 15) is 13.2 Å². The first-order valence-corrected chi connectivity index (χ1v) is 14.5. The smallest absolute Gasteiger partial charge is 0.264 e. The van der Waals surface area contributed by atoms with Crippen LogP contribution < -0.4 is 9.46 Å². The Morgan fingerprint density at radius 2 is 1.43 bits per heavy atom. The van der Waals surface area contributed by atoms with Gasteiger partial charge in [0, 0.05) is 6.42 Å². The Hall–Kier alpha value is -2.38. The van der Waals surface area contributed by atoms with E-state index in [1.807, 2.05) is 30.3 Å². The maximum atomic E-state index is 12.2. The lowest BCUT2D eigenvalue weighted by atomic mass is 9.74. The number of carbonyl (C=O) groups excluding carboxylic acids is 1. The first-order chi connectivity index (χ1) is 17.0. The van der Waals surface area contributed by atoms with Crippen molar-refractivity contribution in [2.45, 2.75) is 81.3 Å². The first-order valence-electron chi connectivity index (χ1n) is 13.0. The zero-order valence-corrected chi connectivity index (χ0v) is 21.1. The van der Waals surface area contributed by atoms with Gasteiger partial charge in [0.05, 0.1) is 23.7 Å². The summed E-state index contributed by atoms with van der Waals surface area (Å²) < 4.78 is 38.8. The molecule has 190 valence electrons. The number of sulfonamides is 1. The first kappa shape index (κ1) is 25.7. The van der Waals surface area contributed by atoms with Gasteiger partial charge in [-0.25, -0.2) is 13.1 Å². The van der Waals surface area contributed by atoms with E-state index in [1.54, 1.807) is 18.2 Å². The van der Waals surface area contributed by atoms with Gasteiger partial charge in [-0.15, -0.1) is 0 Å². The predicted molar refractivity (Wildman–Crippen MR) is 136 cm³/mol. The Kier molecular flexibility index (Phi) is 9.21. The van der Waals surface area contributed by atoms with Crippen LogP contribution in [0.15, 0.2) is 65.6 Å². The van der Waals surface area contributed by atoms with Gasteiger partial charge >= 0.3 is 0 Å². The van der Waals surface area contributed by atoms with Gasteiger partial charge in [0.2, 0.25) is 5.91 Å². The molecule has 0 spiro atoms. The number of nitrogens with one attached hydrogen (secondary N) is 1. The lowest BCUT2D eigenvalue weighted by molar-refractivity contribution is -0.119. The quantitative estimate of drug-likeness (QED) is 0.348. The topological polar surface area (TPSA) is 81.7 Å². The standard InChI is InChI=1S/C28H37NO5S/c30-28(29-35(31,32)23-14-7-4-8-15-23)18-10-2-1-9-16-24-25(27-20-19-26(24)34-27)17-11-21-33-22-12-5-3-6-13-22/h3-8,12-15,24-27H,1-2,9-11,16-21H2,(H,29,30). The molecule has 2 fully saturated rings. The van der Waals surface area contributed by atoms with Gasteiger partial charge in [-0.3, -0.25) is 4.79 Å². The van der Waals surface area contributed by atoms with Crippen molar-refractivity contribution >= 4 is 15.9 Å². The molecule has 2 aliphatic rings. The average molecular weight is 500 g/mol. The summed E-state index contributed by atoms with van der Waals surface area (Å²) in [5.41, 5.74) is 0. The SMILES string of the molecule is O=C(CCCCCCC1C2CCC(O2)C1CCCOc1ccccc1)NS(=O)(=O)c1ccccc1. The van der Waals surface area contributed by atoms with Crippen LogP contribution in [0.4, 0.5) is 0 Å². The fourth-order valence-corrected chi connectivity index (χ4v) is 6.61. The molecule has 4 rings (SSSR count). The highest BCUT2D eigenvalue weighted by molar-refractivity contribution is 7.90. The minimum absolute atomic E-state index is 0.114. The van der Waals surface area contributed by atoms with E-state index >= 15 is 0 Å². The molecule has 35 heavy (non-hydrogen) atoms. The second-order valence-corrected chi connectivity index (χ2v) is 11.4. The zero-order chi connectivity index (χ0) is 24.5. The summed E-state index contributed by atoms with van der Waals surface area (Å²) in [6.45, 7) is 0.743. The maximum Gasteiger partial charge on any atom is 0.264 e. The fourth-order valence-electron chi connectivity index (χ4n) is 5.57. The monoisotopic (exact) mass is 499 g/mol. The van der Waals surface area contributed by atoms with E-state index in [2.05, 4.69) is 4.72 Å². The minimum Gasteiger partial charge on any atom is -0.494 e. The summed E-state index contributed by atoms with van der Waals surface area (Å²) >= 11 is 0. The van der Waals surface area contributed by atoms with E-state index in [0.29, 0.717) is 30.5 Å². The molecule has 0 aromatic heterocycles. The number of ether oxygens (including phenoxy) is 2. The molecular formula is C28H37NO5S. The lowest BCUT2D eigenvalue weighted by Gasteiger charge is -2.28. The summed E-state index contributed by atoms with van der Waals surface area (Å²) in [6.07, 6.45) is 10.6. The molecule has 2 bridgehead atoms. The molecule has 2 aliphatic heterocycles. The van der Waals surface area contributed by atoms with Crippen molar-refractivity contribution in [1.29, 1.82) is 0 Å². The fraction of sp³-hybridized carbons (Fsp3) is 0.536. The summed E-state index contributed by atoms with van der Waals surface area (Å²) in [4.78, 5) is 12.2. The van der Waals surface area contributed by atoms with E-state index < -0.39 is 15.9 Å². The highest BCUT2D eigenvalue weighted by atomic mass is 32.2. The van der Waals surface area contributed by atoms with E-state index in [1.165, 1.54) is 31.4 Å². The molecule has 2 saturated heterocycles. The third-order valence-corrected chi connectivity index (χ3v) is 8.67. The Labute approximate surface area is 209 Å². The molecule has 2 aromatic carbocycles. The molecule has 1 amide bonds. The molecular weight excluding hydrogens is 462 g/mol. The molecule has 2 aromatic rings. The number of benzene rings is 2. The number of rotatable bonds is 14. The number of para-hydroxylation sites is 1. The molecule has 1 N–H and O–H groups in total. The van der Waals surface area contributed by atoms with Crippen LogP contribution >= 0.6 is 0 Å². The van der Waals surface area contributed by atoms with Gasteiger partial charge in [-0.2, -0.15) is 0 Å². The number of unbranched alkanes of at least 4 members (excludes halogenated alkanes) is 3. The van der Waals surface area contributed by atoms with Crippen LogP contribution in [0.25, 0.3) is 0 Å². The average Bonchev–Trinajstić information content (AvgIpc) is 3.47. The molecule has 0 radical (unpaired) electrons. The molecule has 0 saturated carbocycles. The Morgan fingerprint density at radius 1 is 0.829 bits per heavy atom. The van der Waals surface area contributed by atoms with Gasteiger partial charge < -0.3 is 9.47 Å². The van der Waals surface area contributed by atoms with Gasteiger partial charge in [0.1, 0.15) is 5.75 Å². The summed E-state index contributed by atoms with van der Waals surface area (Å²) in [6, 6.07) is 18.0. The highest BCUT2D eigenvalue weighted by Crippen LogP contribution is 2.47. The number of hydrogen-bond donors (Lipinski definition) is 1. The van der Waals surface area contributed by atoms with Crippen molar-refractivity contribution in [2.75, 3.05) is 6.61 Å². The number of carbonyl (C=O) groups is 1. The van der Waals surface area contributed by atoms with E-state index in [-0.39, 0.29) is 11.3 Å². The van der Waals surface area contributed by atoms with Crippen molar-refractivity contribution in [3.8, 4) is 5.75 Å². The highest BCUT2D eigenvalue weighted by Gasteiger charge is 2.47. The van der Waals surface area contributed by atoms with Crippen molar-refractivity contribution < 1.29 is 22.7 Å². The third-order valence-electron chi connectivity index (χ3n) is 7.28. The van der Waals surface area contributed by atoms with Gasteiger partial charge in [-0.1, -0.05) is 55.7 Å². The molecule has 4 atom stereocenters. The van der Waals surface area contributed by atoms with Crippen LogP contribution in [-0.4, -0.2) is 33.1 Å². The Morgan fingerprint density at radius 3 is 2.11 bits per heavy atom. The number of amides is 1. The third kappa shape index (κ3) is 7.31. The summed E-state index contributed by atoms with van der Waals surface area (Å²) in [5.74, 6) is 1.75. The predicted octanol–water partition coefficient (Wildman–Crippen LogP) is 5.48. The molecule has 7 heteroatoms. The second-order valence-electron chi connectivity index (χ2n) is 9.72. The van der Waals surface area contributed by atoms with Crippen molar-refractivity contribution in [1.82, 2.24) is 4.72 Å². The van der Waals surface area contributed by atoms with Crippen LogP contribution in [0.1, 0.15) is 64.2 Å². The van der Waals surface area contributed by atoms with Crippen LogP contribution in [-0.2, 0) is 19.6 Å². The van der Waals surface area contributed by atoms with Gasteiger partial charge in [0.25, 0.3) is 10.0 Å². The van der Waals surface area contributed by atoms with Crippen LogP contribution in [0.3, 0.4) is 0 Å². The summed E-state index contributed by atoms with van der Waals surface area (Å²) in [5, 5.41) is 0. The second kappa shape index (κ2) is 12.5. The van der Waals surface area contributed by atoms with Crippen molar-refractivity contribution in [3.63, 3.8) is 0 Å². The Balaban J connectivity index is 1.11. The maximum absolute atomic E-state index is 12.2. The van der Waals surface area contributed by atoms with Gasteiger partial charge in [0.15, 0.2) is 0 Å². The minimum atomic E-state index is -3.78. The van der Waals surface area contributed by atoms with Gasteiger partial charge in [-0.05, 0) is 74.6 Å². The van der Waals surface area contributed by atoms with E-state index in [0.717, 1.165) is 44.5 Å². The summed E-state index contributed by atoms with van der Waals surface area (Å²) in [7, 11) is -3.78. The van der Waals surface area contributed by atoms with Crippen LogP contribution in [0.2, 0.25) is 0 Å². The van der Waals surface area contributed by atoms with Crippen molar-refractivity contribution in [2.24, 2.45) is 11.8 Å². The Bertz CT molecular complexity index is 1030. The zero-order valence-electron chi connectivity index (χ0n) is 20.3. The normalized spacial score (nSPS) is 23.3. The lowest BCUT2D eigenvalue weighted by Crippen LogP contribution is -2.30. The number of hydrogen-bond acceptors (Lipinski definition) is 5.